The summed E-state index contributed by atoms with van der Waals surface area (Å²) in [6.07, 6.45) is -3.03. The number of rotatable bonds is 0. The Morgan fingerprint density at radius 3 is 0.955 bits per heavy atom. The summed E-state index contributed by atoms with van der Waals surface area (Å²) in [5, 5.41) is 0. The van der Waals surface area contributed by atoms with Gasteiger partial charge in [-0.1, -0.05) is 24.3 Å². The Morgan fingerprint density at radius 2 is 0.727 bits per heavy atom. The van der Waals surface area contributed by atoms with Gasteiger partial charge in [0.2, 0.25) is 34.0 Å². The highest BCUT2D eigenvalue weighted by Gasteiger charge is 3.20. The van der Waals surface area contributed by atoms with Crippen LogP contribution >= 0.6 is 0 Å². The lowest BCUT2D eigenvalue weighted by Gasteiger charge is -2.80. The molecule has 6 aliphatic rings. The van der Waals surface area contributed by atoms with Gasteiger partial charge in [-0.3, -0.25) is 0 Å². The van der Waals surface area contributed by atoms with Crippen LogP contribution in [0.25, 0.3) is 0 Å². The van der Waals surface area contributed by atoms with Gasteiger partial charge < -0.3 is 9.47 Å². The smallest absolute Gasteiger partial charge is 0.231 e. The normalized spacial score (nSPS) is 77.9. The molecule has 4 heterocycles. The van der Waals surface area contributed by atoms with Crippen LogP contribution < -0.4 is 0 Å². The van der Waals surface area contributed by atoms with Gasteiger partial charge in [-0.2, -0.15) is 0 Å². The predicted molar refractivity (Wildman–Crippen MR) is 58.6 cm³/mol. The van der Waals surface area contributed by atoms with E-state index in [2.05, 4.69) is 0 Å². The van der Waals surface area contributed by atoms with Crippen molar-refractivity contribution in [2.75, 3.05) is 0 Å². The fourth-order valence-electron chi connectivity index (χ4n) is 5.83. The molecular weight excluding hydrogens is 314 g/mol. The van der Waals surface area contributed by atoms with Gasteiger partial charge in [0, 0.05) is 0 Å². The first-order valence-electron chi connectivity index (χ1n) is 6.98. The maximum absolute atomic E-state index is 15.3. The number of halogens is 6. The van der Waals surface area contributed by atoms with Crippen molar-refractivity contribution in [2.24, 2.45) is 0 Å². The molecule has 2 saturated carbocycles. The van der Waals surface area contributed by atoms with Crippen LogP contribution in [0.5, 0.6) is 0 Å². The molecule has 0 N–H and O–H groups in total. The average Bonchev–Trinajstić information content (AvgIpc) is 3.23. The number of hydrogen-bond acceptors (Lipinski definition) is 2. The molecule has 0 amide bonds. The lowest BCUT2D eigenvalue weighted by Crippen LogP contribution is -3.11. The minimum atomic E-state index is -4.00. The number of fused-ring (bicyclic) bond motifs is 15. The van der Waals surface area contributed by atoms with Crippen molar-refractivity contribution in [3.05, 3.63) is 24.3 Å². The monoisotopic (exact) mass is 322 g/mol. The molecule has 22 heavy (non-hydrogen) atoms. The summed E-state index contributed by atoms with van der Waals surface area (Å²) < 4.78 is 101. The van der Waals surface area contributed by atoms with E-state index in [4.69, 9.17) is 9.47 Å². The lowest BCUT2D eigenvalue weighted by atomic mass is 9.26. The van der Waals surface area contributed by atoms with Crippen molar-refractivity contribution in [3.8, 4) is 0 Å². The molecule has 4 fully saturated rings. The summed E-state index contributed by atoms with van der Waals surface area (Å²) in [7, 11) is 0. The standard InChI is InChI=1S/C14H8F6O2/c15-9-5-1-2-6(21-5)10(9,16)14(20)12(18)8-4-3-7(22-8)11(12,17)13(9,14)19/h1-8H. The van der Waals surface area contributed by atoms with Crippen LogP contribution in [0, 0.1) is 0 Å². The van der Waals surface area contributed by atoms with Gasteiger partial charge in [-0.05, 0) is 0 Å². The average molecular weight is 322 g/mol. The second-order valence-electron chi connectivity index (χ2n) is 6.89. The Labute approximate surface area is 119 Å². The van der Waals surface area contributed by atoms with Gasteiger partial charge in [0.15, 0.2) is 0 Å². The molecule has 2 nitrogen and oxygen atoms in total. The second-order valence-corrected chi connectivity index (χ2v) is 6.89. The summed E-state index contributed by atoms with van der Waals surface area (Å²) in [6, 6.07) is 0. The third-order valence-electron chi connectivity index (χ3n) is 6.62. The minimum Gasteiger partial charge on any atom is -0.360 e. The Hall–Kier alpha value is -1.02. The summed E-state index contributed by atoms with van der Waals surface area (Å²) in [4.78, 5) is 0. The molecule has 8 unspecified atom stereocenters. The van der Waals surface area contributed by atoms with Crippen molar-refractivity contribution >= 4 is 0 Å². The van der Waals surface area contributed by atoms with Gasteiger partial charge in [0.1, 0.15) is 24.4 Å². The SMILES string of the molecule is FC12C3C=CC(O3)C1(F)C1(F)C3(F)C4C=CC(O4)C3(F)C21F. The highest BCUT2D eigenvalue weighted by molar-refractivity contribution is 5.68. The molecule has 2 aliphatic carbocycles. The predicted octanol–water partition coefficient (Wildman–Crippen LogP) is 1.94. The zero-order valence-corrected chi connectivity index (χ0v) is 10.7. The van der Waals surface area contributed by atoms with Crippen LogP contribution in [0.15, 0.2) is 24.3 Å². The van der Waals surface area contributed by atoms with E-state index in [1.165, 1.54) is 0 Å². The Bertz CT molecular complexity index is 616. The van der Waals surface area contributed by atoms with E-state index in [-0.39, 0.29) is 0 Å². The maximum Gasteiger partial charge on any atom is 0.231 e. The lowest BCUT2D eigenvalue weighted by molar-refractivity contribution is -0.489. The van der Waals surface area contributed by atoms with Gasteiger partial charge >= 0.3 is 0 Å². The van der Waals surface area contributed by atoms with E-state index in [1.807, 2.05) is 0 Å². The van der Waals surface area contributed by atoms with Crippen molar-refractivity contribution in [1.82, 2.24) is 0 Å². The first-order chi connectivity index (χ1) is 10.2. The molecule has 6 rings (SSSR count). The molecule has 8 heteroatoms. The molecule has 0 radical (unpaired) electrons. The largest absolute Gasteiger partial charge is 0.360 e. The number of hydrogen-bond donors (Lipinski definition) is 0. The van der Waals surface area contributed by atoms with Gasteiger partial charge in [0.25, 0.3) is 0 Å². The van der Waals surface area contributed by atoms with E-state index in [9.17, 15) is 0 Å². The van der Waals surface area contributed by atoms with Crippen molar-refractivity contribution in [3.63, 3.8) is 0 Å². The van der Waals surface area contributed by atoms with E-state index in [1.54, 1.807) is 0 Å². The fourth-order valence-corrected chi connectivity index (χ4v) is 5.83. The maximum atomic E-state index is 15.3. The summed E-state index contributed by atoms with van der Waals surface area (Å²) >= 11 is 0. The Kier molecular flexibility index (Phi) is 1.45. The zero-order chi connectivity index (χ0) is 15.6. The summed E-state index contributed by atoms with van der Waals surface area (Å²) in [5.74, 6) is 0. The number of ether oxygens (including phenoxy) is 2. The molecule has 0 aromatic carbocycles. The van der Waals surface area contributed by atoms with E-state index in [0.717, 1.165) is 24.3 Å². The third-order valence-corrected chi connectivity index (χ3v) is 6.62. The molecule has 8 atom stereocenters. The molecule has 4 bridgehead atoms. The van der Waals surface area contributed by atoms with E-state index < -0.39 is 58.4 Å². The van der Waals surface area contributed by atoms with Crippen molar-refractivity contribution < 1.29 is 35.8 Å². The molecule has 0 spiro atoms. The van der Waals surface area contributed by atoms with Crippen LogP contribution in [-0.2, 0) is 9.47 Å². The summed E-state index contributed by atoms with van der Waals surface area (Å²) in [5.41, 5.74) is -22.4. The van der Waals surface area contributed by atoms with Crippen molar-refractivity contribution in [1.29, 1.82) is 0 Å². The molecule has 0 aromatic heterocycles. The molecule has 0 aromatic rings. The second kappa shape index (κ2) is 2.56. The quantitative estimate of drug-likeness (QED) is 0.501. The van der Waals surface area contributed by atoms with E-state index in [0.29, 0.717) is 0 Å². The first kappa shape index (κ1) is 12.4. The van der Waals surface area contributed by atoms with E-state index >= 15 is 26.3 Å². The van der Waals surface area contributed by atoms with Crippen LogP contribution in [0.1, 0.15) is 0 Å². The van der Waals surface area contributed by atoms with Gasteiger partial charge in [0.05, 0.1) is 0 Å². The Balaban J connectivity index is 1.70. The molecular formula is C14H8F6O2. The van der Waals surface area contributed by atoms with Crippen LogP contribution in [0.2, 0.25) is 0 Å². The van der Waals surface area contributed by atoms with Crippen molar-refractivity contribution in [2.45, 2.75) is 58.4 Å². The topological polar surface area (TPSA) is 18.5 Å². The fraction of sp³-hybridized carbons (Fsp3) is 0.714. The zero-order valence-electron chi connectivity index (χ0n) is 10.7. The molecule has 4 aliphatic heterocycles. The third kappa shape index (κ3) is 0.568. The highest BCUT2D eigenvalue weighted by atomic mass is 19.2. The first-order valence-corrected chi connectivity index (χ1v) is 6.98. The van der Waals surface area contributed by atoms with Gasteiger partial charge in [-0.15, -0.1) is 0 Å². The van der Waals surface area contributed by atoms with Crippen LogP contribution in [0.4, 0.5) is 26.3 Å². The summed E-state index contributed by atoms with van der Waals surface area (Å²) in [6.45, 7) is 0. The Morgan fingerprint density at radius 1 is 0.500 bits per heavy atom. The van der Waals surface area contributed by atoms with Crippen LogP contribution in [0.3, 0.4) is 0 Å². The number of alkyl halides is 6. The molecule has 2 saturated heterocycles. The molecule has 118 valence electrons. The van der Waals surface area contributed by atoms with Crippen LogP contribution in [-0.4, -0.2) is 58.4 Å². The van der Waals surface area contributed by atoms with Gasteiger partial charge in [-0.25, -0.2) is 26.3 Å². The highest BCUT2D eigenvalue weighted by Crippen LogP contribution is 2.91. The minimum absolute atomic E-state index is 1.02.